The highest BCUT2D eigenvalue weighted by atomic mass is 16.5. The van der Waals surface area contributed by atoms with Crippen LogP contribution in [0.5, 0.6) is 11.5 Å². The van der Waals surface area contributed by atoms with Gasteiger partial charge < -0.3 is 20.1 Å². The molecule has 0 spiro atoms. The van der Waals surface area contributed by atoms with E-state index in [9.17, 15) is 9.59 Å². The number of anilines is 1. The van der Waals surface area contributed by atoms with E-state index < -0.39 is 0 Å². The lowest BCUT2D eigenvalue weighted by Gasteiger charge is -2.18. The third kappa shape index (κ3) is 5.50. The number of amides is 2. The van der Waals surface area contributed by atoms with Crippen molar-refractivity contribution < 1.29 is 19.1 Å². The number of hydrogen-bond acceptors (Lipinski definition) is 4. The Morgan fingerprint density at radius 1 is 1.03 bits per heavy atom. The summed E-state index contributed by atoms with van der Waals surface area (Å²) in [6.07, 6.45) is 1.88. The molecule has 1 saturated carbocycles. The van der Waals surface area contributed by atoms with Crippen LogP contribution in [0, 0.1) is 5.92 Å². The van der Waals surface area contributed by atoms with Gasteiger partial charge in [0, 0.05) is 17.2 Å². The van der Waals surface area contributed by atoms with E-state index in [2.05, 4.69) is 10.6 Å². The maximum atomic E-state index is 12.7. The van der Waals surface area contributed by atoms with E-state index >= 15 is 0 Å². The molecule has 0 saturated heterocycles. The largest absolute Gasteiger partial charge is 0.490 e. The van der Waals surface area contributed by atoms with Crippen molar-refractivity contribution in [1.29, 1.82) is 0 Å². The number of ether oxygens (including phenoxy) is 2. The standard InChI is InChI=1S/C23H28N2O4/c1-4-28-20-12-11-17(14-21(20)29-5-2)15(3)24-23(27)18-7-6-8-19(13-18)25-22(26)16-9-10-16/h6-8,11-16H,4-5,9-10H2,1-3H3,(H,24,27)(H,25,26). The molecule has 0 aromatic heterocycles. The summed E-state index contributed by atoms with van der Waals surface area (Å²) in [5, 5.41) is 5.88. The first-order valence-electron chi connectivity index (χ1n) is 10.1. The van der Waals surface area contributed by atoms with Gasteiger partial charge in [0.25, 0.3) is 5.91 Å². The highest BCUT2D eigenvalue weighted by Crippen LogP contribution is 2.31. The fraction of sp³-hybridized carbons (Fsp3) is 0.391. The Balaban J connectivity index is 1.68. The first kappa shape index (κ1) is 20.7. The van der Waals surface area contributed by atoms with Crippen LogP contribution in [0.4, 0.5) is 5.69 Å². The maximum absolute atomic E-state index is 12.7. The summed E-state index contributed by atoms with van der Waals surface area (Å²) in [4.78, 5) is 24.7. The van der Waals surface area contributed by atoms with Crippen LogP contribution in [-0.4, -0.2) is 25.0 Å². The van der Waals surface area contributed by atoms with Gasteiger partial charge in [0.15, 0.2) is 11.5 Å². The van der Waals surface area contributed by atoms with Crippen LogP contribution < -0.4 is 20.1 Å². The highest BCUT2D eigenvalue weighted by Gasteiger charge is 2.29. The molecule has 0 bridgehead atoms. The highest BCUT2D eigenvalue weighted by molar-refractivity contribution is 5.98. The van der Waals surface area contributed by atoms with E-state index in [1.807, 2.05) is 39.0 Å². The van der Waals surface area contributed by atoms with E-state index in [1.54, 1.807) is 24.3 Å². The van der Waals surface area contributed by atoms with Crippen LogP contribution >= 0.6 is 0 Å². The summed E-state index contributed by atoms with van der Waals surface area (Å²) < 4.78 is 11.3. The fourth-order valence-electron chi connectivity index (χ4n) is 3.03. The van der Waals surface area contributed by atoms with Crippen LogP contribution in [-0.2, 0) is 4.79 Å². The average molecular weight is 396 g/mol. The molecule has 29 heavy (non-hydrogen) atoms. The molecule has 154 valence electrons. The SMILES string of the molecule is CCOc1ccc(C(C)NC(=O)c2cccc(NC(=O)C3CC3)c2)cc1OCC. The van der Waals surface area contributed by atoms with Gasteiger partial charge in [0.05, 0.1) is 19.3 Å². The summed E-state index contributed by atoms with van der Waals surface area (Å²) in [6.45, 7) is 6.85. The molecule has 3 rings (SSSR count). The van der Waals surface area contributed by atoms with Gasteiger partial charge in [-0.1, -0.05) is 12.1 Å². The van der Waals surface area contributed by atoms with Gasteiger partial charge in [-0.3, -0.25) is 9.59 Å². The fourth-order valence-corrected chi connectivity index (χ4v) is 3.03. The maximum Gasteiger partial charge on any atom is 0.251 e. The minimum Gasteiger partial charge on any atom is -0.490 e. The molecule has 0 aliphatic heterocycles. The Bertz CT molecular complexity index is 877. The number of nitrogens with one attached hydrogen (secondary N) is 2. The molecule has 6 nitrogen and oxygen atoms in total. The first-order chi connectivity index (χ1) is 14.0. The Morgan fingerprint density at radius 2 is 1.76 bits per heavy atom. The summed E-state index contributed by atoms with van der Waals surface area (Å²) in [7, 11) is 0. The Hall–Kier alpha value is -3.02. The number of carbonyl (C=O) groups is 2. The number of carbonyl (C=O) groups excluding carboxylic acids is 2. The van der Waals surface area contributed by atoms with E-state index in [-0.39, 0.29) is 23.8 Å². The average Bonchev–Trinajstić information content (AvgIpc) is 3.55. The molecule has 1 aliphatic carbocycles. The molecule has 6 heteroatoms. The van der Waals surface area contributed by atoms with Crippen molar-refractivity contribution in [3.05, 3.63) is 53.6 Å². The number of hydrogen-bond donors (Lipinski definition) is 2. The van der Waals surface area contributed by atoms with Gasteiger partial charge in [-0.25, -0.2) is 0 Å². The Morgan fingerprint density at radius 3 is 2.45 bits per heavy atom. The van der Waals surface area contributed by atoms with Gasteiger partial charge in [-0.05, 0) is 69.5 Å². The zero-order valence-electron chi connectivity index (χ0n) is 17.2. The van der Waals surface area contributed by atoms with Gasteiger partial charge in [-0.2, -0.15) is 0 Å². The second-order valence-corrected chi connectivity index (χ2v) is 7.11. The number of benzene rings is 2. The molecule has 2 aromatic rings. The minimum atomic E-state index is -0.220. The predicted molar refractivity (Wildman–Crippen MR) is 112 cm³/mol. The lowest BCUT2D eigenvalue weighted by Crippen LogP contribution is -2.26. The van der Waals surface area contributed by atoms with E-state index in [0.717, 1.165) is 18.4 Å². The Labute approximate surface area is 171 Å². The molecule has 0 radical (unpaired) electrons. The van der Waals surface area contributed by atoms with Crippen molar-refractivity contribution in [2.24, 2.45) is 5.92 Å². The van der Waals surface area contributed by atoms with Crippen LogP contribution in [0.1, 0.15) is 55.6 Å². The monoisotopic (exact) mass is 396 g/mol. The molecular weight excluding hydrogens is 368 g/mol. The first-order valence-corrected chi connectivity index (χ1v) is 10.1. The number of rotatable bonds is 9. The van der Waals surface area contributed by atoms with E-state index in [0.29, 0.717) is 36.0 Å². The van der Waals surface area contributed by atoms with Crippen molar-refractivity contribution >= 4 is 17.5 Å². The van der Waals surface area contributed by atoms with Gasteiger partial charge in [0.1, 0.15) is 0 Å². The normalized spacial score (nSPS) is 14.0. The third-order valence-corrected chi connectivity index (χ3v) is 4.76. The topological polar surface area (TPSA) is 76.7 Å². The molecule has 0 heterocycles. The molecule has 2 N–H and O–H groups in total. The van der Waals surface area contributed by atoms with Crippen molar-refractivity contribution in [2.45, 2.75) is 39.7 Å². The van der Waals surface area contributed by atoms with Gasteiger partial charge in [0.2, 0.25) is 5.91 Å². The third-order valence-electron chi connectivity index (χ3n) is 4.76. The van der Waals surface area contributed by atoms with Crippen molar-refractivity contribution in [3.8, 4) is 11.5 Å². The van der Waals surface area contributed by atoms with E-state index in [1.165, 1.54) is 0 Å². The molecular formula is C23H28N2O4. The van der Waals surface area contributed by atoms with Crippen LogP contribution in [0.25, 0.3) is 0 Å². The Kier molecular flexibility index (Phi) is 6.75. The van der Waals surface area contributed by atoms with Gasteiger partial charge >= 0.3 is 0 Å². The lowest BCUT2D eigenvalue weighted by molar-refractivity contribution is -0.117. The summed E-state index contributed by atoms with van der Waals surface area (Å²) in [5.74, 6) is 1.29. The molecule has 2 aromatic carbocycles. The summed E-state index contributed by atoms with van der Waals surface area (Å²) in [5.41, 5.74) is 2.06. The second-order valence-electron chi connectivity index (χ2n) is 7.11. The summed E-state index contributed by atoms with van der Waals surface area (Å²) >= 11 is 0. The van der Waals surface area contributed by atoms with E-state index in [4.69, 9.17) is 9.47 Å². The molecule has 2 amide bonds. The molecule has 1 unspecified atom stereocenters. The molecule has 1 aliphatic rings. The van der Waals surface area contributed by atoms with Crippen molar-refractivity contribution in [3.63, 3.8) is 0 Å². The summed E-state index contributed by atoms with van der Waals surface area (Å²) in [6, 6.07) is 12.5. The smallest absolute Gasteiger partial charge is 0.251 e. The molecule has 1 atom stereocenters. The van der Waals surface area contributed by atoms with Crippen molar-refractivity contribution in [1.82, 2.24) is 5.32 Å². The van der Waals surface area contributed by atoms with Gasteiger partial charge in [-0.15, -0.1) is 0 Å². The molecule has 1 fully saturated rings. The quantitative estimate of drug-likeness (QED) is 0.662. The minimum absolute atomic E-state index is 0.0220. The van der Waals surface area contributed by atoms with Crippen LogP contribution in [0.3, 0.4) is 0 Å². The van der Waals surface area contributed by atoms with Crippen LogP contribution in [0.2, 0.25) is 0 Å². The predicted octanol–water partition coefficient (Wildman–Crippen LogP) is 4.32. The lowest BCUT2D eigenvalue weighted by atomic mass is 10.1. The zero-order chi connectivity index (χ0) is 20.8. The van der Waals surface area contributed by atoms with Crippen LogP contribution in [0.15, 0.2) is 42.5 Å². The van der Waals surface area contributed by atoms with Crippen molar-refractivity contribution in [2.75, 3.05) is 18.5 Å². The second kappa shape index (κ2) is 9.45. The zero-order valence-corrected chi connectivity index (χ0v) is 17.2.